The van der Waals surface area contributed by atoms with Gasteiger partial charge in [0.2, 0.25) is 0 Å². The first kappa shape index (κ1) is 19.3. The van der Waals surface area contributed by atoms with Crippen LogP contribution in [-0.2, 0) is 10.0 Å². The number of hydrazine groups is 1. The van der Waals surface area contributed by atoms with Gasteiger partial charge in [-0.25, -0.2) is 13.8 Å². The molecule has 0 atom stereocenters. The number of halogens is 3. The van der Waals surface area contributed by atoms with Gasteiger partial charge in [-0.1, -0.05) is 39.1 Å². The summed E-state index contributed by atoms with van der Waals surface area (Å²) in [6.45, 7) is 5.84. The third-order valence-corrected chi connectivity index (χ3v) is 7.70. The second-order valence-electron chi connectivity index (χ2n) is 6.96. The molecule has 0 bridgehead atoms. The molecule has 0 radical (unpaired) electrons. The number of nitrogens with zero attached hydrogens (tertiary/aromatic N) is 2. The van der Waals surface area contributed by atoms with Crippen LogP contribution in [0.25, 0.3) is 0 Å². The number of benzene rings is 1. The summed E-state index contributed by atoms with van der Waals surface area (Å²) < 4.78 is 29.3. The lowest BCUT2D eigenvalue weighted by Gasteiger charge is -2.33. The normalized spacial score (nSPS) is 20.4. The maximum Gasteiger partial charge on any atom is 0.267 e. The van der Waals surface area contributed by atoms with Crippen molar-refractivity contribution in [3.63, 3.8) is 0 Å². The number of rotatable bonds is 4. The van der Waals surface area contributed by atoms with Crippen molar-refractivity contribution in [3.8, 4) is 0 Å². The van der Waals surface area contributed by atoms with Gasteiger partial charge in [0.05, 0.1) is 21.3 Å². The first-order valence-corrected chi connectivity index (χ1v) is 10.9. The topological polar surface area (TPSA) is 52.7 Å². The monoisotopic (exact) mass is 467 g/mol. The van der Waals surface area contributed by atoms with E-state index < -0.39 is 15.6 Å². The zero-order valence-corrected chi connectivity index (χ0v) is 18.3. The van der Waals surface area contributed by atoms with Crippen LogP contribution < -0.4 is 5.43 Å². The van der Waals surface area contributed by atoms with E-state index in [4.69, 9.17) is 23.2 Å². The van der Waals surface area contributed by atoms with Crippen molar-refractivity contribution in [1.29, 1.82) is 0 Å². The predicted octanol–water partition coefficient (Wildman–Crippen LogP) is 4.37. The molecule has 5 nitrogen and oxygen atoms in total. The summed E-state index contributed by atoms with van der Waals surface area (Å²) in [5.74, 6) is 0. The zero-order valence-electron chi connectivity index (χ0n) is 14.4. The highest BCUT2D eigenvalue weighted by molar-refractivity contribution is 9.10. The van der Waals surface area contributed by atoms with Crippen LogP contribution in [0.2, 0.25) is 10.0 Å². The fourth-order valence-corrected chi connectivity index (χ4v) is 7.09. The van der Waals surface area contributed by atoms with E-state index in [1.54, 1.807) is 12.1 Å². The lowest BCUT2D eigenvalue weighted by atomic mass is 10.0. The van der Waals surface area contributed by atoms with E-state index in [1.165, 1.54) is 4.31 Å². The van der Waals surface area contributed by atoms with Crippen molar-refractivity contribution in [2.75, 3.05) is 7.05 Å². The summed E-state index contributed by atoms with van der Waals surface area (Å²) in [5, 5.41) is 2.08. The van der Waals surface area contributed by atoms with E-state index in [1.807, 2.05) is 32.8 Å². The zero-order chi connectivity index (χ0) is 18.7. The summed E-state index contributed by atoms with van der Waals surface area (Å²) >= 11 is 15.8. The molecule has 138 valence electrons. The van der Waals surface area contributed by atoms with Crippen molar-refractivity contribution in [3.05, 3.63) is 38.0 Å². The summed E-state index contributed by atoms with van der Waals surface area (Å²) in [6.07, 6.45) is 1.64. The molecule has 0 amide bonds. The second kappa shape index (κ2) is 6.30. The van der Waals surface area contributed by atoms with E-state index in [0.29, 0.717) is 4.47 Å². The first-order chi connectivity index (χ1) is 11.5. The van der Waals surface area contributed by atoms with Crippen LogP contribution in [0.1, 0.15) is 33.6 Å². The Hall–Kier alpha value is -0.470. The number of allylic oxidation sites excluding steroid dienone is 1. The highest BCUT2D eigenvalue weighted by Gasteiger charge is 2.48. The van der Waals surface area contributed by atoms with E-state index in [0.717, 1.165) is 24.2 Å². The molecule has 0 saturated heterocycles. The van der Waals surface area contributed by atoms with Gasteiger partial charge >= 0.3 is 0 Å². The largest absolute Gasteiger partial charge is 0.313 e. The molecular formula is C16H20BrCl2N3O2S. The Balaban J connectivity index is 2.21. The summed E-state index contributed by atoms with van der Waals surface area (Å²) in [4.78, 5) is -0.0448. The van der Waals surface area contributed by atoms with Crippen LogP contribution in [-0.4, -0.2) is 36.4 Å². The van der Waals surface area contributed by atoms with Gasteiger partial charge in [-0.3, -0.25) is 4.31 Å². The number of hydrogen-bond acceptors (Lipinski definition) is 4. The third-order valence-electron chi connectivity index (χ3n) is 4.46. The van der Waals surface area contributed by atoms with Crippen LogP contribution in [0.5, 0.6) is 0 Å². The number of nitrogens with one attached hydrogen (secondary N) is 1. The van der Waals surface area contributed by atoms with Crippen LogP contribution >= 0.6 is 39.1 Å². The SMILES string of the molecule is CC1=C(N(C2CC2)S(=O)(=O)c2c(Cl)cc(Br)cc2Cl)C(C)(C)NN1C. The molecule has 0 aromatic heterocycles. The minimum absolute atomic E-state index is 0.0448. The third kappa shape index (κ3) is 3.30. The van der Waals surface area contributed by atoms with Crippen LogP contribution in [0.3, 0.4) is 0 Å². The van der Waals surface area contributed by atoms with Crippen LogP contribution in [0.4, 0.5) is 0 Å². The van der Waals surface area contributed by atoms with E-state index in [9.17, 15) is 8.42 Å². The molecule has 1 heterocycles. The van der Waals surface area contributed by atoms with Gasteiger partial charge in [0.1, 0.15) is 4.90 Å². The smallest absolute Gasteiger partial charge is 0.267 e. The highest BCUT2D eigenvalue weighted by Crippen LogP contribution is 2.45. The Morgan fingerprint density at radius 2 is 1.80 bits per heavy atom. The van der Waals surface area contributed by atoms with Gasteiger partial charge in [-0.15, -0.1) is 0 Å². The number of sulfonamides is 1. The van der Waals surface area contributed by atoms with Crippen molar-refractivity contribution in [2.24, 2.45) is 0 Å². The van der Waals surface area contributed by atoms with Crippen molar-refractivity contribution < 1.29 is 8.42 Å². The first-order valence-electron chi connectivity index (χ1n) is 7.88. The Kier molecular flexibility index (Phi) is 4.87. The molecule has 1 fully saturated rings. The minimum atomic E-state index is -3.90. The molecule has 1 aromatic carbocycles. The maximum absolute atomic E-state index is 13.6. The maximum atomic E-state index is 13.6. The van der Waals surface area contributed by atoms with Crippen LogP contribution in [0.15, 0.2) is 32.9 Å². The standard InChI is InChI=1S/C16H20BrCl2N3O2S/c1-9-15(16(2,3)20-21(9)4)22(11-5-6-11)25(23,24)14-12(18)7-10(17)8-13(14)19/h7-8,11,20H,5-6H2,1-4H3. The summed E-state index contributed by atoms with van der Waals surface area (Å²) in [5.41, 5.74) is 4.37. The Morgan fingerprint density at radius 1 is 1.28 bits per heavy atom. The van der Waals surface area contributed by atoms with Crippen molar-refractivity contribution >= 4 is 49.2 Å². The molecule has 0 spiro atoms. The molecule has 0 unspecified atom stereocenters. The average molecular weight is 469 g/mol. The lowest BCUT2D eigenvalue weighted by Crippen LogP contribution is -2.47. The van der Waals surface area contributed by atoms with Crippen LogP contribution in [0, 0.1) is 0 Å². The van der Waals surface area contributed by atoms with Gasteiger partial charge in [0.25, 0.3) is 10.0 Å². The number of hydrogen-bond donors (Lipinski definition) is 1. The highest BCUT2D eigenvalue weighted by atomic mass is 79.9. The fourth-order valence-electron chi connectivity index (χ4n) is 3.28. The van der Waals surface area contributed by atoms with Gasteiger partial charge in [-0.05, 0) is 45.7 Å². The summed E-state index contributed by atoms with van der Waals surface area (Å²) in [6, 6.07) is 3.03. The molecule has 1 aliphatic heterocycles. The van der Waals surface area contributed by atoms with Gasteiger partial charge < -0.3 is 5.01 Å². The van der Waals surface area contributed by atoms with E-state index in [-0.39, 0.29) is 21.0 Å². The molecule has 1 aliphatic carbocycles. The Bertz CT molecular complexity index is 843. The van der Waals surface area contributed by atoms with Crippen molar-refractivity contribution in [1.82, 2.24) is 14.7 Å². The van der Waals surface area contributed by atoms with Gasteiger partial charge in [0, 0.05) is 23.3 Å². The lowest BCUT2D eigenvalue weighted by molar-refractivity contribution is 0.253. The average Bonchev–Trinajstić information content (AvgIpc) is 3.22. The Morgan fingerprint density at radius 3 is 2.20 bits per heavy atom. The summed E-state index contributed by atoms with van der Waals surface area (Å²) in [7, 11) is -2.03. The molecule has 1 saturated carbocycles. The molecule has 1 N–H and O–H groups in total. The fraction of sp³-hybridized carbons (Fsp3) is 0.500. The van der Waals surface area contributed by atoms with Gasteiger partial charge in [0.15, 0.2) is 0 Å². The van der Waals surface area contributed by atoms with E-state index >= 15 is 0 Å². The molecule has 9 heteroatoms. The van der Waals surface area contributed by atoms with Crippen molar-refractivity contribution in [2.45, 2.75) is 50.1 Å². The second-order valence-corrected chi connectivity index (χ2v) is 10.4. The molecule has 2 aliphatic rings. The molecular weight excluding hydrogens is 449 g/mol. The molecule has 25 heavy (non-hydrogen) atoms. The minimum Gasteiger partial charge on any atom is -0.313 e. The quantitative estimate of drug-likeness (QED) is 0.712. The van der Waals surface area contributed by atoms with Gasteiger partial charge in [-0.2, -0.15) is 0 Å². The molecule has 1 aromatic rings. The van der Waals surface area contributed by atoms with E-state index in [2.05, 4.69) is 21.4 Å². The predicted molar refractivity (Wildman–Crippen MR) is 104 cm³/mol. The molecule has 3 rings (SSSR count). The Labute approximate surface area is 167 Å².